The van der Waals surface area contributed by atoms with Gasteiger partial charge in [-0.1, -0.05) is 60.7 Å². The second-order valence-electron chi connectivity index (χ2n) is 5.33. The molecule has 0 aliphatic heterocycles. The van der Waals surface area contributed by atoms with E-state index in [-0.39, 0.29) is 0 Å². The molecule has 0 N–H and O–H groups in total. The van der Waals surface area contributed by atoms with Crippen molar-refractivity contribution in [1.29, 1.82) is 0 Å². The highest BCUT2D eigenvalue weighted by Crippen LogP contribution is 2.27. The number of allylic oxidation sites excluding steroid dienone is 5. The summed E-state index contributed by atoms with van der Waals surface area (Å²) in [6, 6.07) is 20.9. The maximum atomic E-state index is 6.33. The summed E-state index contributed by atoms with van der Waals surface area (Å²) in [4.78, 5) is 0. The van der Waals surface area contributed by atoms with Gasteiger partial charge >= 0.3 is 8.32 Å². The SMILES string of the molecule is [CH+]=C1C=CCC=C1[Si](OC)(c1ccccc1)c1ccccc1. The predicted octanol–water partition coefficient (Wildman–Crippen LogP) is 3.18. The summed E-state index contributed by atoms with van der Waals surface area (Å²) < 4.78 is 6.26. The topological polar surface area (TPSA) is 9.23 Å². The van der Waals surface area contributed by atoms with Crippen LogP contribution in [-0.2, 0) is 4.43 Å². The van der Waals surface area contributed by atoms with Crippen molar-refractivity contribution in [2.45, 2.75) is 6.42 Å². The molecule has 2 aromatic rings. The minimum absolute atomic E-state index is 0.812. The Labute approximate surface area is 133 Å². The van der Waals surface area contributed by atoms with E-state index in [1.807, 2.05) is 18.2 Å². The van der Waals surface area contributed by atoms with Crippen LogP contribution in [0.2, 0.25) is 0 Å². The van der Waals surface area contributed by atoms with Crippen LogP contribution in [0.3, 0.4) is 0 Å². The smallest absolute Gasteiger partial charge is 0.358 e. The number of hydrogen-bond donors (Lipinski definition) is 0. The third-order valence-corrected chi connectivity index (χ3v) is 8.27. The highest BCUT2D eigenvalue weighted by molar-refractivity contribution is 7.03. The van der Waals surface area contributed by atoms with Crippen LogP contribution in [0.5, 0.6) is 0 Å². The van der Waals surface area contributed by atoms with Crippen LogP contribution in [0.4, 0.5) is 0 Å². The van der Waals surface area contributed by atoms with Crippen LogP contribution in [0.25, 0.3) is 0 Å². The molecule has 22 heavy (non-hydrogen) atoms. The van der Waals surface area contributed by atoms with Gasteiger partial charge < -0.3 is 4.43 Å². The van der Waals surface area contributed by atoms with Crippen LogP contribution in [0, 0.1) is 6.58 Å². The largest absolute Gasteiger partial charge is 0.398 e. The van der Waals surface area contributed by atoms with Gasteiger partial charge in [-0.25, -0.2) is 0 Å². The number of rotatable bonds is 4. The van der Waals surface area contributed by atoms with Gasteiger partial charge in [0.15, 0.2) is 5.57 Å². The van der Waals surface area contributed by atoms with Crippen molar-refractivity contribution in [2.24, 2.45) is 0 Å². The Kier molecular flexibility index (Phi) is 4.17. The van der Waals surface area contributed by atoms with E-state index in [0.29, 0.717) is 0 Å². The quantitative estimate of drug-likeness (QED) is 0.623. The van der Waals surface area contributed by atoms with Gasteiger partial charge in [0.25, 0.3) is 0 Å². The van der Waals surface area contributed by atoms with E-state index in [4.69, 9.17) is 11.0 Å². The number of hydrogen-bond acceptors (Lipinski definition) is 1. The zero-order valence-electron chi connectivity index (χ0n) is 12.7. The molecule has 0 amide bonds. The van der Waals surface area contributed by atoms with E-state index >= 15 is 0 Å². The summed E-state index contributed by atoms with van der Waals surface area (Å²) in [6.07, 6.45) is 7.20. The first kappa shape index (κ1) is 14.7. The summed E-state index contributed by atoms with van der Waals surface area (Å²) in [5.74, 6) is 0. The maximum absolute atomic E-state index is 6.33. The Hall–Kier alpha value is -2.25. The van der Waals surface area contributed by atoms with Crippen molar-refractivity contribution < 1.29 is 4.43 Å². The molecule has 0 atom stereocenters. The molecule has 2 heteroatoms. The van der Waals surface area contributed by atoms with Crippen molar-refractivity contribution in [3.8, 4) is 0 Å². The molecule has 0 spiro atoms. The highest BCUT2D eigenvalue weighted by Gasteiger charge is 2.49. The molecule has 0 aromatic heterocycles. The van der Waals surface area contributed by atoms with Crippen molar-refractivity contribution in [3.05, 3.63) is 96.2 Å². The molecule has 0 saturated carbocycles. The minimum Gasteiger partial charge on any atom is -0.398 e. The molecular weight excluding hydrogens is 284 g/mol. The lowest BCUT2D eigenvalue weighted by Gasteiger charge is -2.29. The molecule has 0 unspecified atom stereocenters. The van der Waals surface area contributed by atoms with Gasteiger partial charge in [0.2, 0.25) is 0 Å². The zero-order valence-corrected chi connectivity index (χ0v) is 13.7. The van der Waals surface area contributed by atoms with E-state index in [2.05, 4.69) is 60.7 Å². The molecule has 0 bridgehead atoms. The molecule has 0 heterocycles. The molecule has 0 radical (unpaired) electrons. The summed E-state index contributed by atoms with van der Waals surface area (Å²) in [7, 11) is -0.732. The van der Waals surface area contributed by atoms with Crippen molar-refractivity contribution >= 4 is 18.7 Å². The first-order valence-electron chi connectivity index (χ1n) is 7.45. The van der Waals surface area contributed by atoms with E-state index < -0.39 is 8.32 Å². The van der Waals surface area contributed by atoms with Crippen molar-refractivity contribution in [1.82, 2.24) is 0 Å². The van der Waals surface area contributed by atoms with Crippen LogP contribution < -0.4 is 10.4 Å². The fourth-order valence-corrected chi connectivity index (χ4v) is 6.97. The highest BCUT2D eigenvalue weighted by atomic mass is 28.4. The predicted molar refractivity (Wildman–Crippen MR) is 94.6 cm³/mol. The Morgan fingerprint density at radius 1 is 0.909 bits per heavy atom. The van der Waals surface area contributed by atoms with E-state index in [9.17, 15) is 0 Å². The van der Waals surface area contributed by atoms with Crippen molar-refractivity contribution in [2.75, 3.05) is 7.11 Å². The average Bonchev–Trinajstić information content (AvgIpc) is 2.59. The molecule has 1 aliphatic carbocycles. The lowest BCUT2D eigenvalue weighted by Crippen LogP contribution is -2.62. The molecule has 1 aliphatic rings. The molecular formula is C20H19OSi+. The zero-order chi connectivity index (χ0) is 15.4. The third-order valence-electron chi connectivity index (χ3n) is 4.11. The van der Waals surface area contributed by atoms with Gasteiger partial charge in [0, 0.05) is 20.1 Å². The number of benzene rings is 2. The van der Waals surface area contributed by atoms with Crippen LogP contribution >= 0.6 is 0 Å². The van der Waals surface area contributed by atoms with Crippen LogP contribution in [0.15, 0.2) is 89.7 Å². The lowest BCUT2D eigenvalue weighted by atomic mass is 10.1. The van der Waals surface area contributed by atoms with Crippen LogP contribution in [-0.4, -0.2) is 15.4 Å². The molecule has 0 saturated heterocycles. The van der Waals surface area contributed by atoms with E-state index in [0.717, 1.165) is 17.2 Å². The van der Waals surface area contributed by atoms with Gasteiger partial charge in [-0.2, -0.15) is 0 Å². The first-order chi connectivity index (χ1) is 10.8. The molecule has 108 valence electrons. The van der Waals surface area contributed by atoms with E-state index in [1.165, 1.54) is 10.4 Å². The average molecular weight is 303 g/mol. The molecule has 3 rings (SSSR count). The Morgan fingerprint density at radius 2 is 1.45 bits per heavy atom. The van der Waals surface area contributed by atoms with E-state index in [1.54, 1.807) is 7.11 Å². The monoisotopic (exact) mass is 303 g/mol. The van der Waals surface area contributed by atoms with Crippen molar-refractivity contribution in [3.63, 3.8) is 0 Å². The Morgan fingerprint density at radius 3 is 1.91 bits per heavy atom. The fourth-order valence-electron chi connectivity index (χ4n) is 3.10. The normalized spacial score (nSPS) is 14.7. The lowest BCUT2D eigenvalue weighted by molar-refractivity contribution is 0.423. The summed E-state index contributed by atoms with van der Waals surface area (Å²) in [5, 5.41) is 3.58. The molecule has 0 fully saturated rings. The van der Waals surface area contributed by atoms with Gasteiger partial charge in [0.1, 0.15) is 0 Å². The minimum atomic E-state index is -2.54. The second kappa shape index (κ2) is 6.25. The summed E-state index contributed by atoms with van der Waals surface area (Å²) in [6.45, 7) is 6.33. The third kappa shape index (κ3) is 2.38. The fraction of sp³-hybridized carbons (Fsp3) is 0.100. The first-order valence-corrected chi connectivity index (χ1v) is 9.36. The molecule has 1 nitrogen and oxygen atoms in total. The summed E-state index contributed by atoms with van der Waals surface area (Å²) >= 11 is 0. The Balaban J connectivity index is 2.26. The van der Waals surface area contributed by atoms with Gasteiger partial charge in [0.05, 0.1) is 11.3 Å². The van der Waals surface area contributed by atoms with Gasteiger partial charge in [-0.05, 0) is 22.5 Å². The summed E-state index contributed by atoms with van der Waals surface area (Å²) in [5.41, 5.74) is 0.812. The van der Waals surface area contributed by atoms with Gasteiger partial charge in [-0.3, -0.25) is 0 Å². The second-order valence-corrected chi connectivity index (χ2v) is 8.79. The Bertz CT molecular complexity index is 674. The standard InChI is InChI=1S/C20H19OSi/c1-17-11-9-10-16-20(17)22(21-2,18-12-5-3-6-13-18)19-14-7-4-8-15-19/h1,3-9,11-16H,10H2,2H3/q+1. The maximum Gasteiger partial charge on any atom is 0.358 e. The molecule has 2 aromatic carbocycles. The van der Waals surface area contributed by atoms with Crippen LogP contribution in [0.1, 0.15) is 6.42 Å². The van der Waals surface area contributed by atoms with Gasteiger partial charge in [-0.15, -0.1) is 0 Å².